The molecule has 4 rings (SSSR count). The molecule has 3 heterocycles. The Morgan fingerprint density at radius 2 is 1.28 bits per heavy atom. The molecule has 1 aromatic carbocycles. The van der Waals surface area contributed by atoms with Crippen LogP contribution < -0.4 is 11.5 Å². The van der Waals surface area contributed by atoms with E-state index in [1.54, 1.807) is 24.3 Å². The average molecular weight is 244 g/mol. The lowest BCUT2D eigenvalue weighted by Crippen LogP contribution is -2.12. The summed E-state index contributed by atoms with van der Waals surface area (Å²) in [6, 6.07) is 6.84. The summed E-state index contributed by atoms with van der Waals surface area (Å²) in [6.07, 6.45) is 0. The van der Waals surface area contributed by atoms with Gasteiger partial charge in [-0.3, -0.25) is 9.05 Å². The van der Waals surface area contributed by atoms with E-state index in [-0.39, 0.29) is 11.3 Å². The second-order valence-electron chi connectivity index (χ2n) is 3.70. The van der Waals surface area contributed by atoms with Crippen LogP contribution in [-0.2, 0) is 0 Å². The molecular weight excluding hydrogens is 240 g/mol. The molecule has 0 saturated heterocycles. The summed E-state index contributed by atoms with van der Waals surface area (Å²) in [5.74, 6) is -1.28. The highest BCUT2D eigenvalue weighted by Crippen LogP contribution is 2.16. The summed E-state index contributed by atoms with van der Waals surface area (Å²) in [5, 5.41) is 7.21. The Bertz CT molecular complexity index is 936. The molecule has 0 unspecified atom stereocenters. The first-order valence-corrected chi connectivity index (χ1v) is 5.05. The van der Waals surface area contributed by atoms with Crippen LogP contribution in [0.2, 0.25) is 0 Å². The number of rotatable bonds is 0. The highest BCUT2D eigenvalue weighted by Gasteiger charge is 2.17. The fourth-order valence-corrected chi connectivity index (χ4v) is 2.05. The second kappa shape index (κ2) is 2.86. The van der Waals surface area contributed by atoms with Crippen molar-refractivity contribution in [2.45, 2.75) is 0 Å². The highest BCUT2D eigenvalue weighted by molar-refractivity contribution is 5.84. The first kappa shape index (κ1) is 9.16. The number of nitrogens with zero attached hydrogens (tertiary/aromatic N) is 4. The fourth-order valence-electron chi connectivity index (χ4n) is 2.05. The van der Waals surface area contributed by atoms with E-state index in [2.05, 4.69) is 19.4 Å². The van der Waals surface area contributed by atoms with Crippen LogP contribution in [-0.4, -0.2) is 19.1 Å². The average Bonchev–Trinajstić information content (AvgIpc) is 2.94. The molecule has 0 aliphatic heterocycles. The van der Waals surface area contributed by atoms with E-state index in [0.717, 1.165) is 0 Å². The maximum Gasteiger partial charge on any atom is 0.446 e. The SMILES string of the molecule is O=c1onc2c3noc(=O)n3c3ccccc3n12. The molecule has 0 N–H and O–H groups in total. The van der Waals surface area contributed by atoms with Crippen molar-refractivity contribution in [1.29, 1.82) is 0 Å². The number of benzene rings is 1. The van der Waals surface area contributed by atoms with Crippen LogP contribution in [0.15, 0.2) is 42.9 Å². The van der Waals surface area contributed by atoms with Crippen LogP contribution in [0.3, 0.4) is 0 Å². The normalized spacial score (nSPS) is 11.8. The van der Waals surface area contributed by atoms with Crippen molar-refractivity contribution in [2.75, 3.05) is 0 Å². The van der Waals surface area contributed by atoms with Crippen molar-refractivity contribution in [3.05, 3.63) is 45.4 Å². The Balaban J connectivity index is 2.59. The number of fused-ring (bicyclic) bond motifs is 6. The second-order valence-corrected chi connectivity index (χ2v) is 3.70. The van der Waals surface area contributed by atoms with Crippen molar-refractivity contribution in [3.8, 4) is 0 Å². The van der Waals surface area contributed by atoms with Crippen molar-refractivity contribution in [3.63, 3.8) is 0 Å². The number of aromatic nitrogens is 4. The molecule has 0 atom stereocenters. The topological polar surface area (TPSA) is 95.0 Å². The van der Waals surface area contributed by atoms with Crippen molar-refractivity contribution in [2.24, 2.45) is 0 Å². The van der Waals surface area contributed by atoms with E-state index >= 15 is 0 Å². The zero-order chi connectivity index (χ0) is 12.3. The third kappa shape index (κ3) is 0.902. The molecular formula is C10H4N4O4. The molecule has 4 aromatic rings. The van der Waals surface area contributed by atoms with Crippen LogP contribution in [0.1, 0.15) is 0 Å². The van der Waals surface area contributed by atoms with Gasteiger partial charge in [0.2, 0.25) is 11.3 Å². The summed E-state index contributed by atoms with van der Waals surface area (Å²) in [4.78, 5) is 23.3. The molecule has 0 saturated carbocycles. The van der Waals surface area contributed by atoms with E-state index in [1.165, 1.54) is 8.80 Å². The van der Waals surface area contributed by atoms with Gasteiger partial charge in [0.05, 0.1) is 11.0 Å². The van der Waals surface area contributed by atoms with Gasteiger partial charge < -0.3 is 0 Å². The van der Waals surface area contributed by atoms with E-state index in [9.17, 15) is 9.59 Å². The van der Waals surface area contributed by atoms with Crippen LogP contribution in [0.25, 0.3) is 22.3 Å². The molecule has 8 nitrogen and oxygen atoms in total. The Kier molecular flexibility index (Phi) is 1.45. The first-order valence-electron chi connectivity index (χ1n) is 5.05. The van der Waals surface area contributed by atoms with E-state index in [1.807, 2.05) is 0 Å². The van der Waals surface area contributed by atoms with Gasteiger partial charge in [0, 0.05) is 0 Å². The van der Waals surface area contributed by atoms with E-state index in [4.69, 9.17) is 0 Å². The maximum absolute atomic E-state index is 11.6. The van der Waals surface area contributed by atoms with Gasteiger partial charge in [0.25, 0.3) is 0 Å². The molecule has 8 heteroatoms. The fraction of sp³-hybridized carbons (Fsp3) is 0. The zero-order valence-electron chi connectivity index (χ0n) is 8.73. The minimum Gasteiger partial charge on any atom is -0.295 e. The zero-order valence-corrected chi connectivity index (χ0v) is 8.73. The van der Waals surface area contributed by atoms with Crippen LogP contribution >= 0.6 is 0 Å². The molecule has 0 fully saturated rings. The van der Waals surface area contributed by atoms with Gasteiger partial charge >= 0.3 is 11.5 Å². The number of hydrogen-bond acceptors (Lipinski definition) is 6. The molecule has 0 spiro atoms. The third-order valence-electron chi connectivity index (χ3n) is 2.77. The first-order chi connectivity index (χ1) is 8.77. The largest absolute Gasteiger partial charge is 0.446 e. The van der Waals surface area contributed by atoms with Gasteiger partial charge in [0.1, 0.15) is 0 Å². The van der Waals surface area contributed by atoms with Gasteiger partial charge in [0.15, 0.2) is 0 Å². The molecule has 0 aliphatic carbocycles. The Labute approximate surface area is 96.6 Å². The van der Waals surface area contributed by atoms with Crippen LogP contribution in [0.4, 0.5) is 0 Å². The van der Waals surface area contributed by atoms with Gasteiger partial charge in [-0.25, -0.2) is 18.4 Å². The number of para-hydroxylation sites is 2. The van der Waals surface area contributed by atoms with Crippen molar-refractivity contribution in [1.82, 2.24) is 19.1 Å². The molecule has 18 heavy (non-hydrogen) atoms. The van der Waals surface area contributed by atoms with Crippen LogP contribution in [0, 0.1) is 0 Å². The molecule has 88 valence electrons. The lowest BCUT2D eigenvalue weighted by Gasteiger charge is -2.00. The van der Waals surface area contributed by atoms with Gasteiger partial charge in [-0.05, 0) is 12.1 Å². The molecule has 0 bridgehead atoms. The molecule has 0 aliphatic rings. The summed E-state index contributed by atoms with van der Waals surface area (Å²) in [6.45, 7) is 0. The van der Waals surface area contributed by atoms with Gasteiger partial charge in [-0.1, -0.05) is 22.4 Å². The van der Waals surface area contributed by atoms with Gasteiger partial charge in [-0.15, -0.1) is 0 Å². The van der Waals surface area contributed by atoms with E-state index in [0.29, 0.717) is 11.0 Å². The standard InChI is InChI=1S/C10H4N4O4/c15-9-13-5-3-1-2-4-6(5)14-8(7(13)11-17-9)12-18-10(14)16/h1-4H. The number of hydrogen-bond donors (Lipinski definition) is 0. The lowest BCUT2D eigenvalue weighted by atomic mass is 10.3. The predicted molar refractivity (Wildman–Crippen MR) is 58.5 cm³/mol. The van der Waals surface area contributed by atoms with Crippen molar-refractivity contribution < 1.29 is 9.05 Å². The maximum atomic E-state index is 11.6. The van der Waals surface area contributed by atoms with Gasteiger partial charge in [-0.2, -0.15) is 0 Å². The van der Waals surface area contributed by atoms with Crippen molar-refractivity contribution >= 4 is 22.3 Å². The third-order valence-corrected chi connectivity index (χ3v) is 2.77. The molecule has 0 radical (unpaired) electrons. The summed E-state index contributed by atoms with van der Waals surface area (Å²) in [7, 11) is 0. The Hall–Kier alpha value is -2.90. The summed E-state index contributed by atoms with van der Waals surface area (Å²) >= 11 is 0. The predicted octanol–water partition coefficient (Wildman–Crippen LogP) is 0.0416. The monoisotopic (exact) mass is 244 g/mol. The minimum absolute atomic E-state index is 0.143. The smallest absolute Gasteiger partial charge is 0.295 e. The summed E-state index contributed by atoms with van der Waals surface area (Å²) in [5.41, 5.74) is 1.28. The quantitative estimate of drug-likeness (QED) is 0.433. The Morgan fingerprint density at radius 1 is 0.833 bits per heavy atom. The molecule has 0 amide bonds. The highest BCUT2D eigenvalue weighted by atomic mass is 16.5. The van der Waals surface area contributed by atoms with Crippen LogP contribution in [0.5, 0.6) is 0 Å². The minimum atomic E-state index is -0.640. The van der Waals surface area contributed by atoms with E-state index < -0.39 is 11.5 Å². The molecule has 3 aromatic heterocycles. The lowest BCUT2D eigenvalue weighted by molar-refractivity contribution is 0.385. The Morgan fingerprint density at radius 3 is 1.72 bits per heavy atom. The summed E-state index contributed by atoms with van der Waals surface area (Å²) < 4.78 is 11.7.